The summed E-state index contributed by atoms with van der Waals surface area (Å²) in [7, 11) is 1.35. The van der Waals surface area contributed by atoms with Crippen molar-refractivity contribution in [1.82, 2.24) is 5.32 Å². The summed E-state index contributed by atoms with van der Waals surface area (Å²) in [6, 6.07) is 18.4. The van der Waals surface area contributed by atoms with E-state index in [9.17, 15) is 9.59 Å². The number of hydrogen-bond donors (Lipinski definition) is 1. The second-order valence-electron chi connectivity index (χ2n) is 5.68. The number of ether oxygens (including phenoxy) is 1. The van der Waals surface area contributed by atoms with E-state index >= 15 is 0 Å². The third-order valence-corrected chi connectivity index (χ3v) is 3.75. The van der Waals surface area contributed by atoms with E-state index in [4.69, 9.17) is 0 Å². The van der Waals surface area contributed by atoms with Crippen molar-refractivity contribution >= 4 is 18.0 Å². The van der Waals surface area contributed by atoms with Gasteiger partial charge in [0.05, 0.1) is 7.11 Å². The van der Waals surface area contributed by atoms with Gasteiger partial charge in [-0.15, -0.1) is 0 Å². The molecule has 2 aromatic rings. The minimum atomic E-state index is -0.268. The fraction of sp³-hybridized carbons (Fsp3) is 0.182. The monoisotopic (exact) mass is 349 g/mol. The molecule has 134 valence electrons. The van der Waals surface area contributed by atoms with E-state index in [1.54, 1.807) is 6.08 Å². The molecule has 0 saturated heterocycles. The highest BCUT2D eigenvalue weighted by Gasteiger charge is 2.00. The van der Waals surface area contributed by atoms with Crippen LogP contribution in [0.25, 0.3) is 17.2 Å². The zero-order valence-electron chi connectivity index (χ0n) is 14.9. The summed E-state index contributed by atoms with van der Waals surface area (Å²) in [4.78, 5) is 22.6. The molecule has 0 heterocycles. The lowest BCUT2D eigenvalue weighted by molar-refractivity contribution is -0.140. The Balaban J connectivity index is 1.76. The zero-order valence-corrected chi connectivity index (χ0v) is 14.9. The molecule has 4 nitrogen and oxygen atoms in total. The molecule has 4 heteroatoms. The third kappa shape index (κ3) is 6.77. The Hall–Kier alpha value is -3.14. The van der Waals surface area contributed by atoms with Gasteiger partial charge in [0.2, 0.25) is 5.91 Å². The average Bonchev–Trinajstić information content (AvgIpc) is 2.69. The van der Waals surface area contributed by atoms with Crippen LogP contribution in [0.5, 0.6) is 0 Å². The molecule has 1 amide bonds. The highest BCUT2D eigenvalue weighted by molar-refractivity contribution is 5.87. The van der Waals surface area contributed by atoms with Gasteiger partial charge in [-0.2, -0.15) is 0 Å². The second kappa shape index (κ2) is 10.7. The summed E-state index contributed by atoms with van der Waals surface area (Å²) in [5.74, 6) is -0.449. The zero-order chi connectivity index (χ0) is 18.6. The molecule has 0 bridgehead atoms. The number of esters is 1. The molecule has 0 aliphatic carbocycles. The molecule has 0 saturated carbocycles. The predicted molar refractivity (Wildman–Crippen MR) is 104 cm³/mol. The maximum atomic E-state index is 11.6. The van der Waals surface area contributed by atoms with Crippen LogP contribution in [0.4, 0.5) is 0 Å². The Labute approximate surface area is 154 Å². The van der Waals surface area contributed by atoms with Gasteiger partial charge in [0.1, 0.15) is 0 Å². The smallest absolute Gasteiger partial charge is 0.305 e. The lowest BCUT2D eigenvalue weighted by Crippen LogP contribution is -2.22. The highest BCUT2D eigenvalue weighted by Crippen LogP contribution is 2.19. The van der Waals surface area contributed by atoms with Gasteiger partial charge in [0.15, 0.2) is 0 Å². The number of rotatable bonds is 8. The number of benzene rings is 2. The quantitative estimate of drug-likeness (QED) is 0.339. The van der Waals surface area contributed by atoms with Gasteiger partial charge in [-0.3, -0.25) is 9.59 Å². The molecule has 0 aromatic heterocycles. The number of allylic oxidation sites excluding steroid dienone is 2. The minimum Gasteiger partial charge on any atom is -0.469 e. The van der Waals surface area contributed by atoms with Crippen molar-refractivity contribution in [2.24, 2.45) is 0 Å². The van der Waals surface area contributed by atoms with Crippen molar-refractivity contribution in [3.05, 3.63) is 78.4 Å². The lowest BCUT2D eigenvalue weighted by Gasteiger charge is -2.01. The molecular formula is C22H23NO3. The lowest BCUT2D eigenvalue weighted by atomic mass is 10.0. The number of methoxy groups -OCH3 is 1. The van der Waals surface area contributed by atoms with Gasteiger partial charge in [0.25, 0.3) is 0 Å². The average molecular weight is 349 g/mol. The number of hydrogen-bond acceptors (Lipinski definition) is 3. The van der Waals surface area contributed by atoms with Crippen LogP contribution in [-0.2, 0) is 14.3 Å². The van der Waals surface area contributed by atoms with Crippen LogP contribution in [0.3, 0.4) is 0 Å². The standard InChI is InChI=1S/C22H23NO3/c1-26-22(25)12-7-17-23-21(24)11-6-5-8-18-13-15-20(16-14-18)19-9-3-2-4-10-19/h2-6,8-11,13-16H,7,12,17H2,1H3,(H,23,24)/b8-5+,11-6+. The Kier molecular flexibility index (Phi) is 7.87. The maximum Gasteiger partial charge on any atom is 0.305 e. The number of carbonyl (C=O) groups is 2. The minimum absolute atomic E-state index is 0.182. The summed E-state index contributed by atoms with van der Waals surface area (Å²) in [5.41, 5.74) is 3.42. The molecule has 0 radical (unpaired) electrons. The fourth-order valence-electron chi connectivity index (χ4n) is 2.33. The highest BCUT2D eigenvalue weighted by atomic mass is 16.5. The summed E-state index contributed by atoms with van der Waals surface area (Å²) in [6.07, 6.45) is 7.80. The van der Waals surface area contributed by atoms with E-state index in [-0.39, 0.29) is 11.9 Å². The van der Waals surface area contributed by atoms with Crippen LogP contribution < -0.4 is 5.32 Å². The van der Waals surface area contributed by atoms with Gasteiger partial charge < -0.3 is 10.1 Å². The summed E-state index contributed by atoms with van der Waals surface area (Å²) in [6.45, 7) is 0.447. The Morgan fingerprint density at radius 1 is 0.962 bits per heavy atom. The van der Waals surface area contributed by atoms with Crippen LogP contribution in [-0.4, -0.2) is 25.5 Å². The van der Waals surface area contributed by atoms with Gasteiger partial charge in [0, 0.05) is 19.0 Å². The molecule has 0 spiro atoms. The molecule has 26 heavy (non-hydrogen) atoms. The summed E-state index contributed by atoms with van der Waals surface area (Å²) in [5, 5.41) is 2.72. The molecule has 0 aliphatic rings. The maximum absolute atomic E-state index is 11.6. The Morgan fingerprint density at radius 2 is 1.65 bits per heavy atom. The number of carbonyl (C=O) groups excluding carboxylic acids is 2. The topological polar surface area (TPSA) is 55.4 Å². The number of nitrogens with one attached hydrogen (secondary N) is 1. The van der Waals surface area contributed by atoms with Crippen molar-refractivity contribution in [3.63, 3.8) is 0 Å². The van der Waals surface area contributed by atoms with Crippen molar-refractivity contribution in [2.75, 3.05) is 13.7 Å². The predicted octanol–water partition coefficient (Wildman–Crippen LogP) is 3.99. The van der Waals surface area contributed by atoms with Gasteiger partial charge in [-0.1, -0.05) is 72.8 Å². The van der Waals surface area contributed by atoms with E-state index in [2.05, 4.69) is 34.3 Å². The van der Waals surface area contributed by atoms with E-state index in [0.29, 0.717) is 19.4 Å². The largest absolute Gasteiger partial charge is 0.469 e. The van der Waals surface area contributed by atoms with Crippen molar-refractivity contribution in [2.45, 2.75) is 12.8 Å². The molecule has 0 atom stereocenters. The molecule has 0 unspecified atom stereocenters. The first-order valence-electron chi connectivity index (χ1n) is 8.54. The van der Waals surface area contributed by atoms with Crippen molar-refractivity contribution in [1.29, 1.82) is 0 Å². The van der Waals surface area contributed by atoms with Crippen LogP contribution in [0.1, 0.15) is 18.4 Å². The van der Waals surface area contributed by atoms with Crippen LogP contribution >= 0.6 is 0 Å². The third-order valence-electron chi connectivity index (χ3n) is 3.75. The van der Waals surface area contributed by atoms with E-state index in [0.717, 1.165) is 5.56 Å². The van der Waals surface area contributed by atoms with E-state index in [1.165, 1.54) is 24.3 Å². The molecule has 1 N–H and O–H groups in total. The number of amides is 1. The van der Waals surface area contributed by atoms with E-state index in [1.807, 2.05) is 42.5 Å². The first-order chi connectivity index (χ1) is 12.7. The van der Waals surface area contributed by atoms with Gasteiger partial charge in [-0.05, 0) is 23.1 Å². The SMILES string of the molecule is COC(=O)CCCNC(=O)/C=C/C=C/c1ccc(-c2ccccc2)cc1. The fourth-order valence-corrected chi connectivity index (χ4v) is 2.33. The Bertz CT molecular complexity index is 762. The Morgan fingerprint density at radius 3 is 2.35 bits per heavy atom. The molecule has 0 aliphatic heterocycles. The van der Waals surface area contributed by atoms with Crippen LogP contribution in [0.15, 0.2) is 72.8 Å². The molecular weight excluding hydrogens is 326 g/mol. The van der Waals surface area contributed by atoms with Gasteiger partial charge in [-0.25, -0.2) is 0 Å². The summed E-state index contributed by atoms with van der Waals surface area (Å²) >= 11 is 0. The van der Waals surface area contributed by atoms with Crippen molar-refractivity contribution in [3.8, 4) is 11.1 Å². The van der Waals surface area contributed by atoms with Crippen LogP contribution in [0, 0.1) is 0 Å². The second-order valence-corrected chi connectivity index (χ2v) is 5.68. The van der Waals surface area contributed by atoms with Gasteiger partial charge >= 0.3 is 5.97 Å². The van der Waals surface area contributed by atoms with E-state index < -0.39 is 0 Å². The van der Waals surface area contributed by atoms with Crippen LogP contribution in [0.2, 0.25) is 0 Å². The molecule has 2 rings (SSSR count). The molecule has 2 aromatic carbocycles. The van der Waals surface area contributed by atoms with Crippen molar-refractivity contribution < 1.29 is 14.3 Å². The first-order valence-corrected chi connectivity index (χ1v) is 8.54. The summed E-state index contributed by atoms with van der Waals surface area (Å²) < 4.78 is 4.54. The first kappa shape index (κ1) is 19.2. The molecule has 0 fully saturated rings. The normalized spacial score (nSPS) is 11.0.